The van der Waals surface area contributed by atoms with E-state index >= 15 is 0 Å². The van der Waals surface area contributed by atoms with Gasteiger partial charge in [-0.05, 0) is 24.5 Å². The number of alkyl halides is 3. The summed E-state index contributed by atoms with van der Waals surface area (Å²) in [6.07, 6.45) is -3.71. The smallest absolute Gasteiger partial charge is 0.301 e. The molecule has 6 nitrogen and oxygen atoms in total. The summed E-state index contributed by atoms with van der Waals surface area (Å²) in [7, 11) is 0. The van der Waals surface area contributed by atoms with Gasteiger partial charge in [-0.3, -0.25) is 14.9 Å². The molecule has 9 heteroatoms. The molecule has 1 atom stereocenters. The molecule has 0 fully saturated rings. The van der Waals surface area contributed by atoms with Crippen LogP contribution < -0.4 is 5.32 Å². The van der Waals surface area contributed by atoms with E-state index in [1.165, 1.54) is 12.1 Å². The minimum Gasteiger partial charge on any atom is -0.301 e. The fourth-order valence-corrected chi connectivity index (χ4v) is 2.31. The van der Waals surface area contributed by atoms with Crippen molar-refractivity contribution < 1.29 is 22.9 Å². The van der Waals surface area contributed by atoms with Crippen molar-refractivity contribution in [1.82, 2.24) is 10.3 Å². The lowest BCUT2D eigenvalue weighted by molar-refractivity contribution is -0.385. The summed E-state index contributed by atoms with van der Waals surface area (Å²) in [6.45, 7) is 3.36. The van der Waals surface area contributed by atoms with Gasteiger partial charge in [0.05, 0.1) is 16.7 Å². The van der Waals surface area contributed by atoms with Crippen LogP contribution in [0.1, 0.15) is 23.4 Å². The number of carbonyl (C=O) groups excluding carboxylic acids is 1. The van der Waals surface area contributed by atoms with Gasteiger partial charge in [-0.25, -0.2) is 4.98 Å². The number of fused-ring (bicyclic) bond motifs is 1. The molecule has 22 heavy (non-hydrogen) atoms. The highest BCUT2D eigenvalue weighted by molar-refractivity contribution is 5.89. The average molecular weight is 315 g/mol. The van der Waals surface area contributed by atoms with Crippen LogP contribution >= 0.6 is 0 Å². The maximum absolute atomic E-state index is 12.5. The Morgan fingerprint density at radius 2 is 2.23 bits per heavy atom. The molecular weight excluding hydrogens is 303 g/mol. The number of hydrogen-bond acceptors (Lipinski definition) is 5. The molecule has 0 aromatic carbocycles. The summed E-state index contributed by atoms with van der Waals surface area (Å²) in [5, 5.41) is 13.5. The Balaban J connectivity index is 2.31. The standard InChI is InChI=1S/C13H12F3N3O3/c1-2-8-11(19(21)22)5-7-3-4-9(12(20)13(14,15)16)17-6-10(7)18-8/h2,5,9,17H,1,3-4,6H2. The van der Waals surface area contributed by atoms with Crippen LogP contribution in [-0.4, -0.2) is 27.9 Å². The van der Waals surface area contributed by atoms with E-state index in [0.717, 1.165) is 0 Å². The second kappa shape index (κ2) is 5.84. The van der Waals surface area contributed by atoms with E-state index in [1.807, 2.05) is 0 Å². The van der Waals surface area contributed by atoms with Gasteiger partial charge in [0.1, 0.15) is 5.69 Å². The van der Waals surface area contributed by atoms with E-state index in [0.29, 0.717) is 11.3 Å². The number of rotatable bonds is 3. The van der Waals surface area contributed by atoms with Gasteiger partial charge in [0.2, 0.25) is 0 Å². The van der Waals surface area contributed by atoms with Crippen molar-refractivity contribution >= 4 is 17.5 Å². The maximum Gasteiger partial charge on any atom is 0.451 e. The number of aromatic nitrogens is 1. The Hall–Kier alpha value is -2.29. The second-order valence-electron chi connectivity index (χ2n) is 4.79. The number of nitrogens with one attached hydrogen (secondary N) is 1. The fourth-order valence-electron chi connectivity index (χ4n) is 2.31. The van der Waals surface area contributed by atoms with Crippen LogP contribution in [0.3, 0.4) is 0 Å². The van der Waals surface area contributed by atoms with Gasteiger partial charge in [0, 0.05) is 12.6 Å². The minimum atomic E-state index is -4.92. The first kappa shape index (κ1) is 16.1. The van der Waals surface area contributed by atoms with E-state index < -0.39 is 22.9 Å². The van der Waals surface area contributed by atoms with Crippen molar-refractivity contribution in [3.8, 4) is 0 Å². The molecule has 1 aliphatic heterocycles. The molecule has 2 rings (SSSR count). The molecule has 0 amide bonds. The van der Waals surface area contributed by atoms with Gasteiger partial charge >= 0.3 is 6.18 Å². The molecule has 0 saturated heterocycles. The average Bonchev–Trinajstić information content (AvgIpc) is 2.65. The maximum atomic E-state index is 12.5. The number of nitro groups is 1. The molecule has 1 aromatic heterocycles. The largest absolute Gasteiger partial charge is 0.451 e. The van der Waals surface area contributed by atoms with Gasteiger partial charge in [0.25, 0.3) is 11.5 Å². The highest BCUT2D eigenvalue weighted by Crippen LogP contribution is 2.27. The van der Waals surface area contributed by atoms with Crippen molar-refractivity contribution in [3.63, 3.8) is 0 Å². The number of ketones is 1. The molecule has 118 valence electrons. The summed E-state index contributed by atoms with van der Waals surface area (Å²) >= 11 is 0. The topological polar surface area (TPSA) is 85.1 Å². The van der Waals surface area contributed by atoms with E-state index in [-0.39, 0.29) is 30.8 Å². The molecule has 0 aliphatic carbocycles. The number of hydrogen-bond donors (Lipinski definition) is 1. The Morgan fingerprint density at radius 3 is 2.77 bits per heavy atom. The van der Waals surface area contributed by atoms with E-state index in [2.05, 4.69) is 16.9 Å². The molecule has 2 heterocycles. The fraction of sp³-hybridized carbons (Fsp3) is 0.385. The molecular formula is C13H12F3N3O3. The van der Waals surface area contributed by atoms with Crippen molar-refractivity contribution in [2.24, 2.45) is 0 Å². The molecule has 1 N–H and O–H groups in total. The minimum absolute atomic E-state index is 0.0474. The highest BCUT2D eigenvalue weighted by atomic mass is 19.4. The summed E-state index contributed by atoms with van der Waals surface area (Å²) in [5.74, 6) is -1.85. The summed E-state index contributed by atoms with van der Waals surface area (Å²) in [4.78, 5) is 25.7. The Bertz CT molecular complexity index is 643. The number of nitrogens with zero attached hydrogens (tertiary/aromatic N) is 2. The zero-order valence-electron chi connectivity index (χ0n) is 11.3. The van der Waals surface area contributed by atoms with Crippen LogP contribution in [0.15, 0.2) is 12.6 Å². The van der Waals surface area contributed by atoms with Gasteiger partial charge in [-0.15, -0.1) is 0 Å². The third-order valence-electron chi connectivity index (χ3n) is 3.40. The van der Waals surface area contributed by atoms with Crippen LogP contribution in [0, 0.1) is 10.1 Å². The summed E-state index contributed by atoms with van der Waals surface area (Å²) in [5.41, 5.74) is 0.640. The predicted molar refractivity (Wildman–Crippen MR) is 71.0 cm³/mol. The van der Waals surface area contributed by atoms with Crippen LogP contribution in [0.5, 0.6) is 0 Å². The number of aryl methyl sites for hydroxylation is 1. The number of pyridine rings is 1. The number of halogens is 3. The zero-order valence-corrected chi connectivity index (χ0v) is 11.3. The molecule has 1 aromatic rings. The molecule has 0 radical (unpaired) electrons. The summed E-state index contributed by atoms with van der Waals surface area (Å²) in [6, 6.07) is -0.0954. The zero-order chi connectivity index (χ0) is 16.5. The van der Waals surface area contributed by atoms with E-state index in [1.54, 1.807) is 0 Å². The first-order valence-electron chi connectivity index (χ1n) is 6.38. The lowest BCUT2D eigenvalue weighted by Crippen LogP contribution is -2.43. The third kappa shape index (κ3) is 3.14. The Labute approximate surface area is 123 Å². The molecule has 1 unspecified atom stereocenters. The summed E-state index contributed by atoms with van der Waals surface area (Å²) < 4.78 is 37.4. The molecule has 0 spiro atoms. The van der Waals surface area contributed by atoms with Gasteiger partial charge in [-0.2, -0.15) is 13.2 Å². The van der Waals surface area contributed by atoms with Crippen LogP contribution in [0.2, 0.25) is 0 Å². The Morgan fingerprint density at radius 1 is 1.55 bits per heavy atom. The lowest BCUT2D eigenvalue weighted by Gasteiger charge is -2.15. The first-order valence-corrected chi connectivity index (χ1v) is 6.38. The quantitative estimate of drug-likeness (QED) is 0.682. The number of carbonyl (C=O) groups is 1. The lowest BCUT2D eigenvalue weighted by atomic mass is 10.0. The molecule has 0 bridgehead atoms. The van der Waals surface area contributed by atoms with Crippen molar-refractivity contribution in [2.45, 2.75) is 31.6 Å². The second-order valence-corrected chi connectivity index (χ2v) is 4.79. The predicted octanol–water partition coefficient (Wildman–Crippen LogP) is 2.17. The van der Waals surface area contributed by atoms with Gasteiger partial charge in [-0.1, -0.05) is 6.58 Å². The van der Waals surface area contributed by atoms with Crippen LogP contribution in [-0.2, 0) is 17.8 Å². The van der Waals surface area contributed by atoms with E-state index in [9.17, 15) is 28.1 Å². The molecule has 0 saturated carbocycles. The van der Waals surface area contributed by atoms with Gasteiger partial charge in [0.15, 0.2) is 0 Å². The van der Waals surface area contributed by atoms with Crippen LogP contribution in [0.4, 0.5) is 18.9 Å². The van der Waals surface area contributed by atoms with Crippen molar-refractivity contribution in [1.29, 1.82) is 0 Å². The monoisotopic (exact) mass is 315 g/mol. The SMILES string of the molecule is C=Cc1nc2c(cc1[N+](=O)[O-])CCC(C(=O)C(F)(F)F)NC2. The Kier molecular flexibility index (Phi) is 4.27. The van der Waals surface area contributed by atoms with Crippen LogP contribution in [0.25, 0.3) is 6.08 Å². The molecule has 1 aliphatic rings. The highest BCUT2D eigenvalue weighted by Gasteiger charge is 2.43. The third-order valence-corrected chi connectivity index (χ3v) is 3.40. The van der Waals surface area contributed by atoms with Gasteiger partial charge < -0.3 is 5.32 Å². The number of Topliss-reactive ketones (excluding diaryl/α,β-unsaturated/α-hetero) is 1. The van der Waals surface area contributed by atoms with Crippen molar-refractivity contribution in [3.05, 3.63) is 39.7 Å². The first-order chi connectivity index (χ1) is 10.2. The normalized spacial score (nSPS) is 18.2. The van der Waals surface area contributed by atoms with E-state index in [4.69, 9.17) is 0 Å². The van der Waals surface area contributed by atoms with Crippen molar-refractivity contribution in [2.75, 3.05) is 0 Å².